The van der Waals surface area contributed by atoms with Crippen LogP contribution in [0.15, 0.2) is 0 Å². The van der Waals surface area contributed by atoms with Crippen molar-refractivity contribution >= 4 is 11.9 Å². The van der Waals surface area contributed by atoms with Crippen molar-refractivity contribution in [3.63, 3.8) is 0 Å². The van der Waals surface area contributed by atoms with Gasteiger partial charge in [0.05, 0.1) is 5.92 Å². The van der Waals surface area contributed by atoms with Crippen LogP contribution in [0.5, 0.6) is 0 Å². The number of hydrogen-bond acceptors (Lipinski definition) is 2. The molecule has 3 atom stereocenters. The maximum absolute atomic E-state index is 11.7. The number of hydrogen-bond donors (Lipinski definition) is 2. The van der Waals surface area contributed by atoms with Gasteiger partial charge in [-0.05, 0) is 25.2 Å². The molecule has 1 saturated carbocycles. The van der Waals surface area contributed by atoms with E-state index in [0.29, 0.717) is 31.7 Å². The van der Waals surface area contributed by atoms with Gasteiger partial charge >= 0.3 is 5.97 Å². The fraction of sp³-hybridized carbons (Fsp3) is 0.833. The van der Waals surface area contributed by atoms with Crippen molar-refractivity contribution in [2.75, 3.05) is 6.54 Å². The van der Waals surface area contributed by atoms with Crippen LogP contribution in [-0.4, -0.2) is 23.5 Å². The lowest BCUT2D eigenvalue weighted by Gasteiger charge is -2.13. The van der Waals surface area contributed by atoms with Gasteiger partial charge in [0, 0.05) is 12.5 Å². The lowest BCUT2D eigenvalue weighted by Crippen LogP contribution is -2.33. The van der Waals surface area contributed by atoms with Crippen LogP contribution in [-0.2, 0) is 9.59 Å². The molecule has 0 saturated heterocycles. The van der Waals surface area contributed by atoms with Gasteiger partial charge in [-0.15, -0.1) is 0 Å². The summed E-state index contributed by atoms with van der Waals surface area (Å²) < 4.78 is 0. The van der Waals surface area contributed by atoms with Crippen molar-refractivity contribution < 1.29 is 14.7 Å². The van der Waals surface area contributed by atoms with Gasteiger partial charge in [-0.25, -0.2) is 0 Å². The van der Waals surface area contributed by atoms with Crippen LogP contribution in [0.3, 0.4) is 0 Å². The molecule has 0 aromatic heterocycles. The minimum absolute atomic E-state index is 0.0315. The predicted molar refractivity (Wildman–Crippen MR) is 60.9 cm³/mol. The zero-order valence-electron chi connectivity index (χ0n) is 10.0. The molecule has 0 spiro atoms. The molecular formula is C12H21NO3. The highest BCUT2D eigenvalue weighted by atomic mass is 16.4. The van der Waals surface area contributed by atoms with Gasteiger partial charge in [-0.2, -0.15) is 0 Å². The predicted octanol–water partition coefficient (Wildman–Crippen LogP) is 1.65. The molecule has 0 bridgehead atoms. The highest BCUT2D eigenvalue weighted by Crippen LogP contribution is 2.31. The van der Waals surface area contributed by atoms with Gasteiger partial charge in [-0.3, -0.25) is 9.59 Å². The molecule has 1 fully saturated rings. The molecule has 2 N–H and O–H groups in total. The molecule has 1 aliphatic carbocycles. The second-order valence-electron chi connectivity index (χ2n) is 4.80. The van der Waals surface area contributed by atoms with E-state index in [-0.39, 0.29) is 17.7 Å². The normalized spacial score (nSPS) is 26.4. The maximum atomic E-state index is 11.7. The maximum Gasteiger partial charge on any atom is 0.306 e. The van der Waals surface area contributed by atoms with E-state index in [1.54, 1.807) is 0 Å². The Labute approximate surface area is 96.4 Å². The van der Waals surface area contributed by atoms with E-state index < -0.39 is 5.97 Å². The van der Waals surface area contributed by atoms with Crippen molar-refractivity contribution in [1.82, 2.24) is 5.32 Å². The van der Waals surface area contributed by atoms with Crippen molar-refractivity contribution in [1.29, 1.82) is 0 Å². The minimum atomic E-state index is -0.766. The quantitative estimate of drug-likeness (QED) is 0.750. The van der Waals surface area contributed by atoms with Gasteiger partial charge in [0.15, 0.2) is 0 Å². The summed E-state index contributed by atoms with van der Waals surface area (Å²) in [5, 5.41) is 11.7. The Bertz CT molecular complexity index is 265. The molecule has 1 amide bonds. The number of nitrogens with one attached hydrogen (secondary N) is 1. The zero-order valence-corrected chi connectivity index (χ0v) is 10.0. The molecule has 0 aromatic rings. The monoisotopic (exact) mass is 227 g/mol. The molecule has 0 heterocycles. The fourth-order valence-electron chi connectivity index (χ4n) is 2.01. The zero-order chi connectivity index (χ0) is 12.1. The summed E-state index contributed by atoms with van der Waals surface area (Å²) in [6.07, 6.45) is 2.89. The van der Waals surface area contributed by atoms with Crippen molar-refractivity contribution in [2.45, 2.75) is 39.5 Å². The molecular weight excluding hydrogens is 206 g/mol. The van der Waals surface area contributed by atoms with Crippen LogP contribution in [0.25, 0.3) is 0 Å². The molecule has 0 radical (unpaired) electrons. The average Bonchev–Trinajstić information content (AvgIpc) is 2.74. The third kappa shape index (κ3) is 3.51. The Balaban J connectivity index is 2.31. The summed E-state index contributed by atoms with van der Waals surface area (Å²) in [6, 6.07) is 0. The number of carbonyl (C=O) groups excluding carboxylic acids is 1. The van der Waals surface area contributed by atoms with Crippen LogP contribution in [0.1, 0.15) is 39.5 Å². The van der Waals surface area contributed by atoms with E-state index >= 15 is 0 Å². The van der Waals surface area contributed by atoms with Crippen LogP contribution < -0.4 is 5.32 Å². The van der Waals surface area contributed by atoms with E-state index in [4.69, 9.17) is 5.11 Å². The van der Waals surface area contributed by atoms with Crippen molar-refractivity contribution in [3.8, 4) is 0 Å². The summed E-state index contributed by atoms with van der Waals surface area (Å²) in [4.78, 5) is 22.5. The lowest BCUT2D eigenvalue weighted by atomic mass is 10.0. The molecule has 4 heteroatoms. The van der Waals surface area contributed by atoms with Crippen LogP contribution >= 0.6 is 0 Å². The van der Waals surface area contributed by atoms with Gasteiger partial charge in [0.1, 0.15) is 0 Å². The number of carboxylic acid groups (broad SMARTS) is 1. The summed E-state index contributed by atoms with van der Waals surface area (Å²) >= 11 is 0. The Hall–Kier alpha value is -1.06. The van der Waals surface area contributed by atoms with Crippen molar-refractivity contribution in [2.24, 2.45) is 17.8 Å². The molecule has 16 heavy (non-hydrogen) atoms. The molecule has 1 aliphatic rings. The number of carboxylic acids is 1. The topological polar surface area (TPSA) is 66.4 Å². The highest BCUT2D eigenvalue weighted by Gasteiger charge is 2.33. The van der Waals surface area contributed by atoms with Gasteiger partial charge in [0.25, 0.3) is 0 Å². The smallest absolute Gasteiger partial charge is 0.306 e. The Morgan fingerprint density at radius 3 is 2.50 bits per heavy atom. The standard InChI is InChI=1S/C12H21NO3/c1-3-8(2)7-13-11(14)9-4-5-10(6-9)12(15)16/h8-10H,3-7H2,1-2H3,(H,13,14)(H,15,16). The van der Waals surface area contributed by atoms with Gasteiger partial charge < -0.3 is 10.4 Å². The Morgan fingerprint density at radius 2 is 2.00 bits per heavy atom. The molecule has 1 rings (SSSR count). The first-order chi connectivity index (χ1) is 7.54. The first-order valence-corrected chi connectivity index (χ1v) is 6.05. The Morgan fingerprint density at radius 1 is 1.38 bits per heavy atom. The van der Waals surface area contributed by atoms with Crippen LogP contribution in [0.2, 0.25) is 0 Å². The summed E-state index contributed by atoms with van der Waals surface area (Å²) in [7, 11) is 0. The third-order valence-corrected chi connectivity index (χ3v) is 3.47. The summed E-state index contributed by atoms with van der Waals surface area (Å²) in [5.41, 5.74) is 0. The molecule has 4 nitrogen and oxygen atoms in total. The number of aliphatic carboxylic acids is 1. The fourth-order valence-corrected chi connectivity index (χ4v) is 2.01. The third-order valence-electron chi connectivity index (χ3n) is 3.47. The first-order valence-electron chi connectivity index (χ1n) is 6.05. The van der Waals surface area contributed by atoms with E-state index in [2.05, 4.69) is 19.2 Å². The largest absolute Gasteiger partial charge is 0.481 e. The molecule has 92 valence electrons. The second-order valence-corrected chi connectivity index (χ2v) is 4.80. The molecule has 0 aromatic carbocycles. The van der Waals surface area contributed by atoms with E-state index in [1.807, 2.05) is 0 Å². The average molecular weight is 227 g/mol. The minimum Gasteiger partial charge on any atom is -0.481 e. The van der Waals surface area contributed by atoms with E-state index in [0.717, 1.165) is 6.42 Å². The van der Waals surface area contributed by atoms with E-state index in [1.165, 1.54) is 0 Å². The SMILES string of the molecule is CCC(C)CNC(=O)C1CCC(C(=O)O)C1. The van der Waals surface area contributed by atoms with Gasteiger partial charge in [-0.1, -0.05) is 20.3 Å². The highest BCUT2D eigenvalue weighted by molar-refractivity contribution is 5.80. The van der Waals surface area contributed by atoms with Crippen LogP contribution in [0.4, 0.5) is 0 Å². The number of carbonyl (C=O) groups is 2. The van der Waals surface area contributed by atoms with E-state index in [9.17, 15) is 9.59 Å². The van der Waals surface area contributed by atoms with Gasteiger partial charge in [0.2, 0.25) is 5.91 Å². The summed E-state index contributed by atoms with van der Waals surface area (Å²) in [5.74, 6) is -0.661. The number of amides is 1. The first kappa shape index (κ1) is 13.0. The summed E-state index contributed by atoms with van der Waals surface area (Å²) in [6.45, 7) is 4.88. The lowest BCUT2D eigenvalue weighted by molar-refractivity contribution is -0.141. The Kier molecular flexibility index (Phi) is 4.77. The molecule has 0 aliphatic heterocycles. The second kappa shape index (κ2) is 5.87. The van der Waals surface area contributed by atoms with Crippen molar-refractivity contribution in [3.05, 3.63) is 0 Å². The molecule has 3 unspecified atom stereocenters. The van der Waals surface area contributed by atoms with Crippen LogP contribution in [0, 0.1) is 17.8 Å². The number of rotatable bonds is 5.